The minimum Gasteiger partial charge on any atom is -0.366 e. The number of benzene rings is 1. The molecular weight excluding hydrogens is 206 g/mol. The molecule has 2 rings (SSSR count). The summed E-state index contributed by atoms with van der Waals surface area (Å²) in [6.45, 7) is 0.503. The maximum atomic E-state index is 11.2. The van der Waals surface area contributed by atoms with Crippen LogP contribution in [0.5, 0.6) is 0 Å². The van der Waals surface area contributed by atoms with E-state index in [9.17, 15) is 9.59 Å². The lowest BCUT2D eigenvalue weighted by Crippen LogP contribution is -2.60. The highest BCUT2D eigenvalue weighted by atomic mass is 16.2. The summed E-state index contributed by atoms with van der Waals surface area (Å²) in [7, 11) is 0. The third-order valence-corrected chi connectivity index (χ3v) is 2.55. The molecule has 0 spiro atoms. The molecule has 1 aliphatic rings. The summed E-state index contributed by atoms with van der Waals surface area (Å²) in [5, 5.41) is 2.58. The third kappa shape index (κ3) is 1.98. The molecule has 84 valence electrons. The lowest BCUT2D eigenvalue weighted by atomic mass is 10.2. The molecule has 1 heterocycles. The Morgan fingerprint density at radius 3 is 2.69 bits per heavy atom. The highest BCUT2D eigenvalue weighted by Gasteiger charge is 2.30. The molecule has 2 amide bonds. The largest absolute Gasteiger partial charge is 0.366 e. The average Bonchev–Trinajstić information content (AvgIpc) is 2.30. The van der Waals surface area contributed by atoms with Crippen LogP contribution in [-0.2, 0) is 9.59 Å². The van der Waals surface area contributed by atoms with Crippen molar-refractivity contribution in [2.75, 3.05) is 11.4 Å². The zero-order valence-corrected chi connectivity index (χ0v) is 8.72. The number of hydrogen-bond acceptors (Lipinski definition) is 3. The molecule has 0 radical (unpaired) electrons. The molecule has 0 aliphatic carbocycles. The first kappa shape index (κ1) is 10.5. The van der Waals surface area contributed by atoms with Crippen LogP contribution in [0, 0.1) is 0 Å². The van der Waals surface area contributed by atoms with Crippen LogP contribution in [-0.4, -0.2) is 24.5 Å². The van der Waals surface area contributed by atoms with Gasteiger partial charge in [-0.05, 0) is 12.1 Å². The molecule has 1 unspecified atom stereocenters. The van der Waals surface area contributed by atoms with Crippen molar-refractivity contribution in [3.8, 4) is 0 Å². The second kappa shape index (κ2) is 4.22. The van der Waals surface area contributed by atoms with Crippen LogP contribution in [0.15, 0.2) is 30.3 Å². The van der Waals surface area contributed by atoms with E-state index in [2.05, 4.69) is 5.32 Å². The van der Waals surface area contributed by atoms with Crippen LogP contribution in [0.25, 0.3) is 0 Å². The molecule has 1 aliphatic heterocycles. The van der Waals surface area contributed by atoms with E-state index in [1.165, 1.54) is 0 Å². The standard InChI is InChI=1S/C11H13N3O2/c12-10(16)11-13-9(15)6-7-14(11)8-4-2-1-3-5-8/h1-5,11H,6-7H2,(H2,12,16)(H,13,15). The zero-order chi connectivity index (χ0) is 11.5. The number of para-hydroxylation sites is 1. The number of anilines is 1. The van der Waals surface area contributed by atoms with E-state index in [1.54, 1.807) is 4.90 Å². The summed E-state index contributed by atoms with van der Waals surface area (Å²) >= 11 is 0. The Morgan fingerprint density at radius 1 is 1.38 bits per heavy atom. The van der Waals surface area contributed by atoms with Gasteiger partial charge in [-0.1, -0.05) is 18.2 Å². The predicted octanol–water partition coefficient (Wildman–Crippen LogP) is -0.176. The summed E-state index contributed by atoms with van der Waals surface area (Å²) in [6.07, 6.45) is -0.373. The van der Waals surface area contributed by atoms with E-state index >= 15 is 0 Å². The van der Waals surface area contributed by atoms with Gasteiger partial charge in [-0.25, -0.2) is 0 Å². The Balaban J connectivity index is 2.25. The SMILES string of the molecule is NC(=O)C1NC(=O)CCN1c1ccccc1. The number of carbonyl (C=O) groups excluding carboxylic acids is 2. The number of nitrogens with zero attached hydrogens (tertiary/aromatic N) is 1. The molecule has 1 aromatic carbocycles. The number of hydrogen-bond donors (Lipinski definition) is 2. The van der Waals surface area contributed by atoms with Crippen LogP contribution in [0.1, 0.15) is 6.42 Å². The Kier molecular flexibility index (Phi) is 2.76. The molecule has 1 fully saturated rings. The van der Waals surface area contributed by atoms with Gasteiger partial charge in [0.25, 0.3) is 5.91 Å². The van der Waals surface area contributed by atoms with Crippen molar-refractivity contribution in [2.24, 2.45) is 5.73 Å². The minimum atomic E-state index is -0.747. The first-order chi connectivity index (χ1) is 7.68. The molecule has 0 saturated carbocycles. The highest BCUT2D eigenvalue weighted by Crippen LogP contribution is 2.18. The van der Waals surface area contributed by atoms with E-state index in [1.807, 2.05) is 30.3 Å². The van der Waals surface area contributed by atoms with E-state index in [-0.39, 0.29) is 5.91 Å². The van der Waals surface area contributed by atoms with E-state index in [0.29, 0.717) is 13.0 Å². The second-order valence-corrected chi connectivity index (χ2v) is 3.65. The van der Waals surface area contributed by atoms with Crippen LogP contribution < -0.4 is 16.0 Å². The van der Waals surface area contributed by atoms with E-state index < -0.39 is 12.1 Å². The Bertz CT molecular complexity index is 405. The van der Waals surface area contributed by atoms with Gasteiger partial charge >= 0.3 is 0 Å². The van der Waals surface area contributed by atoms with Crippen LogP contribution >= 0.6 is 0 Å². The molecule has 1 saturated heterocycles. The summed E-state index contributed by atoms with van der Waals surface area (Å²) < 4.78 is 0. The van der Waals surface area contributed by atoms with Crippen molar-refractivity contribution in [3.05, 3.63) is 30.3 Å². The second-order valence-electron chi connectivity index (χ2n) is 3.65. The Labute approximate surface area is 93.2 Å². The lowest BCUT2D eigenvalue weighted by molar-refractivity contribution is -0.128. The van der Waals surface area contributed by atoms with E-state index in [4.69, 9.17) is 5.73 Å². The minimum absolute atomic E-state index is 0.143. The fourth-order valence-electron chi connectivity index (χ4n) is 1.78. The number of primary amides is 1. The molecule has 1 atom stereocenters. The van der Waals surface area contributed by atoms with Crippen molar-refractivity contribution < 1.29 is 9.59 Å². The number of nitrogens with two attached hydrogens (primary N) is 1. The topological polar surface area (TPSA) is 75.4 Å². The lowest BCUT2D eigenvalue weighted by Gasteiger charge is -2.35. The van der Waals surface area contributed by atoms with Gasteiger partial charge in [0, 0.05) is 18.7 Å². The first-order valence-electron chi connectivity index (χ1n) is 5.09. The van der Waals surface area contributed by atoms with Crippen molar-refractivity contribution in [1.82, 2.24) is 5.32 Å². The van der Waals surface area contributed by atoms with Crippen LogP contribution in [0.3, 0.4) is 0 Å². The van der Waals surface area contributed by atoms with Gasteiger partial charge in [0.2, 0.25) is 5.91 Å². The van der Waals surface area contributed by atoms with Gasteiger partial charge in [0.05, 0.1) is 0 Å². The first-order valence-corrected chi connectivity index (χ1v) is 5.09. The van der Waals surface area contributed by atoms with Crippen molar-refractivity contribution in [3.63, 3.8) is 0 Å². The van der Waals surface area contributed by atoms with Gasteiger partial charge in [-0.2, -0.15) is 0 Å². The summed E-state index contributed by atoms with van der Waals surface area (Å²) in [4.78, 5) is 24.3. The molecule has 1 aromatic rings. The predicted molar refractivity (Wildman–Crippen MR) is 59.5 cm³/mol. The normalized spacial score (nSPS) is 20.4. The number of rotatable bonds is 2. The van der Waals surface area contributed by atoms with Gasteiger partial charge < -0.3 is 16.0 Å². The molecule has 3 N–H and O–H groups in total. The Hall–Kier alpha value is -2.04. The van der Waals surface area contributed by atoms with Gasteiger partial charge in [-0.3, -0.25) is 9.59 Å². The maximum Gasteiger partial charge on any atom is 0.260 e. The smallest absolute Gasteiger partial charge is 0.260 e. The number of nitrogens with one attached hydrogen (secondary N) is 1. The summed E-state index contributed by atoms with van der Waals surface area (Å²) in [6, 6.07) is 9.42. The van der Waals surface area contributed by atoms with Crippen molar-refractivity contribution in [2.45, 2.75) is 12.6 Å². The van der Waals surface area contributed by atoms with Crippen molar-refractivity contribution in [1.29, 1.82) is 0 Å². The quantitative estimate of drug-likeness (QED) is 0.724. The van der Waals surface area contributed by atoms with Crippen LogP contribution in [0.2, 0.25) is 0 Å². The Morgan fingerprint density at radius 2 is 2.06 bits per heavy atom. The fraction of sp³-hybridized carbons (Fsp3) is 0.273. The monoisotopic (exact) mass is 219 g/mol. The number of amides is 2. The fourth-order valence-corrected chi connectivity index (χ4v) is 1.78. The third-order valence-electron chi connectivity index (χ3n) is 2.55. The maximum absolute atomic E-state index is 11.2. The molecule has 0 bridgehead atoms. The molecule has 16 heavy (non-hydrogen) atoms. The van der Waals surface area contributed by atoms with Gasteiger partial charge in [0.1, 0.15) is 0 Å². The summed E-state index contributed by atoms with van der Waals surface area (Å²) in [5.41, 5.74) is 6.14. The highest BCUT2D eigenvalue weighted by molar-refractivity contribution is 5.90. The number of carbonyl (C=O) groups is 2. The average molecular weight is 219 g/mol. The zero-order valence-electron chi connectivity index (χ0n) is 8.72. The van der Waals surface area contributed by atoms with E-state index in [0.717, 1.165) is 5.69 Å². The molecular formula is C11H13N3O2. The summed E-state index contributed by atoms with van der Waals surface area (Å²) in [5.74, 6) is -0.687. The van der Waals surface area contributed by atoms with Crippen molar-refractivity contribution >= 4 is 17.5 Å². The van der Waals surface area contributed by atoms with Gasteiger partial charge in [0.15, 0.2) is 6.17 Å². The van der Waals surface area contributed by atoms with Crippen LogP contribution in [0.4, 0.5) is 5.69 Å². The molecule has 5 heteroatoms. The van der Waals surface area contributed by atoms with Gasteiger partial charge in [-0.15, -0.1) is 0 Å². The molecule has 0 aromatic heterocycles. The molecule has 5 nitrogen and oxygen atoms in total.